The van der Waals surface area contributed by atoms with Crippen molar-refractivity contribution in [3.63, 3.8) is 0 Å². The van der Waals surface area contributed by atoms with Gasteiger partial charge in [0.05, 0.1) is 12.8 Å². The molecule has 3 rings (SSSR count). The number of hydrogen-bond acceptors (Lipinski definition) is 6. The first-order chi connectivity index (χ1) is 17.3. The van der Waals surface area contributed by atoms with Crippen LogP contribution in [0.2, 0.25) is 0 Å². The van der Waals surface area contributed by atoms with Crippen LogP contribution < -0.4 is 25.5 Å². The molecule has 36 heavy (non-hydrogen) atoms. The van der Waals surface area contributed by atoms with Crippen LogP contribution in [0.25, 0.3) is 0 Å². The Kier molecular flexibility index (Phi) is 9.04. The summed E-state index contributed by atoms with van der Waals surface area (Å²) in [7, 11) is 0. The highest BCUT2D eigenvalue weighted by atomic mass is 19.1. The highest BCUT2D eigenvalue weighted by Gasteiger charge is 2.13. The van der Waals surface area contributed by atoms with E-state index in [9.17, 15) is 23.2 Å². The van der Waals surface area contributed by atoms with Gasteiger partial charge in [0.15, 0.2) is 18.1 Å². The molecule has 9 nitrogen and oxygen atoms in total. The summed E-state index contributed by atoms with van der Waals surface area (Å²) in [6.07, 6.45) is 1.29. The van der Waals surface area contributed by atoms with Crippen molar-refractivity contribution in [3.05, 3.63) is 83.9 Å². The standard InChI is InChI=1S/C25H22F2N4O5/c1-2-35-22-13-16(14-28-31-25(34)24(33)30-20-10-6-18(27)7-11-20)3-12-21(22)36-15-23(32)29-19-8-4-17(26)5-9-19/h3-14H,2,15H2,1H3,(H,29,32)(H,30,33)(H,31,34)/b28-14-. The molecule has 0 aliphatic carbocycles. The summed E-state index contributed by atoms with van der Waals surface area (Å²) in [5.74, 6) is -2.71. The lowest BCUT2D eigenvalue weighted by Crippen LogP contribution is -2.32. The summed E-state index contributed by atoms with van der Waals surface area (Å²) in [4.78, 5) is 35.9. The average molecular weight is 496 g/mol. The quantitative estimate of drug-likeness (QED) is 0.238. The Morgan fingerprint density at radius 2 is 1.42 bits per heavy atom. The second-order valence-corrected chi connectivity index (χ2v) is 7.14. The Balaban J connectivity index is 1.54. The van der Waals surface area contributed by atoms with E-state index in [0.717, 1.165) is 12.1 Å². The van der Waals surface area contributed by atoms with E-state index in [-0.39, 0.29) is 12.3 Å². The molecule has 0 fully saturated rings. The van der Waals surface area contributed by atoms with Crippen molar-refractivity contribution in [2.75, 3.05) is 23.8 Å². The molecule has 0 aliphatic rings. The number of carbonyl (C=O) groups excluding carboxylic acids is 3. The van der Waals surface area contributed by atoms with E-state index in [1.807, 2.05) is 0 Å². The van der Waals surface area contributed by atoms with Gasteiger partial charge in [-0.1, -0.05) is 0 Å². The lowest BCUT2D eigenvalue weighted by molar-refractivity contribution is -0.136. The number of rotatable bonds is 9. The number of nitrogens with zero attached hydrogens (tertiary/aromatic N) is 1. The van der Waals surface area contributed by atoms with Crippen molar-refractivity contribution in [2.45, 2.75) is 6.92 Å². The first-order valence-electron chi connectivity index (χ1n) is 10.7. The predicted octanol–water partition coefficient (Wildman–Crippen LogP) is 3.47. The van der Waals surface area contributed by atoms with Gasteiger partial charge < -0.3 is 20.1 Å². The molecular weight excluding hydrogens is 474 g/mol. The summed E-state index contributed by atoms with van der Waals surface area (Å²) in [5, 5.41) is 8.64. The minimum Gasteiger partial charge on any atom is -0.490 e. The molecule has 0 saturated carbocycles. The van der Waals surface area contributed by atoms with Gasteiger partial charge in [0.2, 0.25) is 0 Å². The molecule has 3 N–H and O–H groups in total. The molecule has 11 heteroatoms. The van der Waals surface area contributed by atoms with Gasteiger partial charge in [-0.3, -0.25) is 14.4 Å². The van der Waals surface area contributed by atoms with Crippen molar-refractivity contribution < 1.29 is 32.6 Å². The minimum absolute atomic E-state index is 0.254. The minimum atomic E-state index is -1.02. The fourth-order valence-electron chi connectivity index (χ4n) is 2.80. The second-order valence-electron chi connectivity index (χ2n) is 7.14. The fourth-order valence-corrected chi connectivity index (χ4v) is 2.80. The van der Waals surface area contributed by atoms with Crippen LogP contribution in [0, 0.1) is 11.6 Å². The lowest BCUT2D eigenvalue weighted by Gasteiger charge is -2.12. The van der Waals surface area contributed by atoms with Crippen LogP contribution in [0.1, 0.15) is 12.5 Å². The first-order valence-corrected chi connectivity index (χ1v) is 10.7. The Bertz CT molecular complexity index is 1250. The van der Waals surface area contributed by atoms with Crippen LogP contribution in [-0.4, -0.2) is 37.1 Å². The van der Waals surface area contributed by atoms with E-state index in [0.29, 0.717) is 29.4 Å². The van der Waals surface area contributed by atoms with Crippen LogP contribution in [0.3, 0.4) is 0 Å². The van der Waals surface area contributed by atoms with Gasteiger partial charge in [0, 0.05) is 11.4 Å². The van der Waals surface area contributed by atoms with E-state index >= 15 is 0 Å². The van der Waals surface area contributed by atoms with Crippen LogP contribution in [0.5, 0.6) is 11.5 Å². The number of hydrogen-bond donors (Lipinski definition) is 3. The van der Waals surface area contributed by atoms with Gasteiger partial charge in [-0.15, -0.1) is 0 Å². The van der Waals surface area contributed by atoms with Crippen LogP contribution in [0.4, 0.5) is 20.2 Å². The maximum absolute atomic E-state index is 13.0. The van der Waals surface area contributed by atoms with Crippen molar-refractivity contribution >= 4 is 35.3 Å². The second kappa shape index (κ2) is 12.6. The molecule has 0 spiro atoms. The number of benzene rings is 3. The number of hydrazone groups is 1. The largest absolute Gasteiger partial charge is 0.490 e. The highest BCUT2D eigenvalue weighted by molar-refractivity contribution is 6.39. The van der Waals surface area contributed by atoms with Gasteiger partial charge in [-0.2, -0.15) is 5.10 Å². The Morgan fingerprint density at radius 3 is 2.03 bits per heavy atom. The number of carbonyl (C=O) groups is 3. The number of ether oxygens (including phenoxy) is 2. The molecule has 0 heterocycles. The third-order valence-electron chi connectivity index (χ3n) is 4.44. The molecule has 0 atom stereocenters. The van der Waals surface area contributed by atoms with E-state index < -0.39 is 29.4 Å². The third-order valence-corrected chi connectivity index (χ3v) is 4.44. The van der Waals surface area contributed by atoms with E-state index in [1.165, 1.54) is 42.6 Å². The van der Waals surface area contributed by atoms with Gasteiger partial charge >= 0.3 is 11.8 Å². The smallest absolute Gasteiger partial charge is 0.329 e. The summed E-state index contributed by atoms with van der Waals surface area (Å²) in [5.41, 5.74) is 3.29. The molecule has 3 aromatic rings. The summed E-state index contributed by atoms with van der Waals surface area (Å²) in [6.45, 7) is 1.77. The SMILES string of the molecule is CCOc1cc(/C=N\NC(=O)C(=O)Nc2ccc(F)cc2)ccc1OCC(=O)Nc1ccc(F)cc1. The Hall–Kier alpha value is -4.80. The van der Waals surface area contributed by atoms with Gasteiger partial charge in [0.1, 0.15) is 11.6 Å². The Labute approximate surface area is 205 Å². The predicted molar refractivity (Wildman–Crippen MR) is 129 cm³/mol. The lowest BCUT2D eigenvalue weighted by atomic mass is 10.2. The zero-order valence-corrected chi connectivity index (χ0v) is 19.1. The molecule has 0 unspecified atom stereocenters. The summed E-state index contributed by atoms with van der Waals surface area (Å²) < 4.78 is 37.0. The Morgan fingerprint density at radius 1 is 0.806 bits per heavy atom. The highest BCUT2D eigenvalue weighted by Crippen LogP contribution is 2.28. The molecule has 0 saturated heterocycles. The molecule has 0 aliphatic heterocycles. The topological polar surface area (TPSA) is 118 Å². The van der Waals surface area contributed by atoms with Crippen molar-refractivity contribution in [3.8, 4) is 11.5 Å². The first kappa shape index (κ1) is 25.8. The number of anilines is 2. The molecular formula is C25H22F2N4O5. The molecule has 0 bridgehead atoms. The van der Waals surface area contributed by atoms with Crippen molar-refractivity contribution in [1.82, 2.24) is 5.43 Å². The summed E-state index contributed by atoms with van der Waals surface area (Å²) >= 11 is 0. The van der Waals surface area contributed by atoms with Crippen LogP contribution in [0.15, 0.2) is 71.8 Å². The van der Waals surface area contributed by atoms with E-state index in [1.54, 1.807) is 25.1 Å². The molecule has 3 amide bonds. The van der Waals surface area contributed by atoms with Crippen molar-refractivity contribution in [1.29, 1.82) is 0 Å². The maximum atomic E-state index is 13.0. The third kappa shape index (κ3) is 7.90. The molecule has 186 valence electrons. The molecule has 0 radical (unpaired) electrons. The molecule has 3 aromatic carbocycles. The normalized spacial score (nSPS) is 10.5. The monoisotopic (exact) mass is 496 g/mol. The number of amides is 3. The van der Waals surface area contributed by atoms with Crippen LogP contribution >= 0.6 is 0 Å². The fraction of sp³-hybridized carbons (Fsp3) is 0.120. The average Bonchev–Trinajstić information content (AvgIpc) is 2.86. The van der Waals surface area contributed by atoms with Crippen molar-refractivity contribution in [2.24, 2.45) is 5.10 Å². The maximum Gasteiger partial charge on any atom is 0.329 e. The number of nitrogens with one attached hydrogen (secondary N) is 3. The van der Waals surface area contributed by atoms with Gasteiger partial charge in [0.25, 0.3) is 5.91 Å². The van der Waals surface area contributed by atoms with Crippen LogP contribution in [-0.2, 0) is 14.4 Å². The number of halogens is 2. The van der Waals surface area contributed by atoms with E-state index in [2.05, 4.69) is 21.2 Å². The van der Waals surface area contributed by atoms with E-state index in [4.69, 9.17) is 9.47 Å². The van der Waals surface area contributed by atoms with Gasteiger partial charge in [-0.05, 0) is 79.2 Å². The zero-order valence-electron chi connectivity index (χ0n) is 19.1. The summed E-state index contributed by atoms with van der Waals surface area (Å²) in [6, 6.07) is 15.0. The van der Waals surface area contributed by atoms with Gasteiger partial charge in [-0.25, -0.2) is 14.2 Å². The zero-order chi connectivity index (χ0) is 25.9. The molecule has 0 aromatic heterocycles.